The number of nitrogens with zero attached hydrogens (tertiary/aromatic N) is 3. The second-order valence-electron chi connectivity index (χ2n) is 8.22. The summed E-state index contributed by atoms with van der Waals surface area (Å²) >= 11 is 0. The summed E-state index contributed by atoms with van der Waals surface area (Å²) in [5.74, 6) is -1.37. The Morgan fingerprint density at radius 3 is 2.62 bits per heavy atom. The van der Waals surface area contributed by atoms with Crippen LogP contribution in [-0.4, -0.2) is 65.3 Å². The average molecular weight is 466 g/mol. The molecular formula is C25H27N3O6. The number of hydrogen-bond donors (Lipinski definition) is 1. The highest BCUT2D eigenvalue weighted by atomic mass is 16.6. The lowest BCUT2D eigenvalue weighted by atomic mass is 9.93. The van der Waals surface area contributed by atoms with E-state index >= 15 is 0 Å². The lowest BCUT2D eigenvalue weighted by Gasteiger charge is -2.26. The fraction of sp³-hybridized carbons (Fsp3) is 0.280. The molecule has 9 nitrogen and oxygen atoms in total. The van der Waals surface area contributed by atoms with Crippen LogP contribution in [0.1, 0.15) is 22.7 Å². The highest BCUT2D eigenvalue weighted by Gasteiger charge is 2.46. The van der Waals surface area contributed by atoms with E-state index in [9.17, 15) is 24.8 Å². The van der Waals surface area contributed by atoms with Crippen LogP contribution in [0.25, 0.3) is 5.76 Å². The molecule has 0 aromatic heterocycles. The Bertz CT molecular complexity index is 1170. The van der Waals surface area contributed by atoms with Crippen LogP contribution in [0.5, 0.6) is 5.75 Å². The van der Waals surface area contributed by atoms with Crippen molar-refractivity contribution in [1.29, 1.82) is 0 Å². The maximum absolute atomic E-state index is 13.1. The van der Waals surface area contributed by atoms with Crippen LogP contribution in [-0.2, 0) is 9.59 Å². The quantitative estimate of drug-likeness (QED) is 0.151. The van der Waals surface area contributed by atoms with Gasteiger partial charge in [-0.05, 0) is 50.3 Å². The van der Waals surface area contributed by atoms with Gasteiger partial charge >= 0.3 is 0 Å². The van der Waals surface area contributed by atoms with Crippen molar-refractivity contribution in [1.82, 2.24) is 9.80 Å². The molecule has 1 aliphatic rings. The number of aryl methyl sites for hydroxylation is 1. The average Bonchev–Trinajstić information content (AvgIpc) is 3.06. The molecular weight excluding hydrogens is 438 g/mol. The standard InChI is InChI=1S/C25H27N3O6/c1-5-13-34-19-9-10-20(16(2)14-19)23(29)21-22(17-7-6-8-18(15-17)28(32)33)27(12-11-26(3)4)25(31)24(21)30/h5-10,14-15,22,29H,1,11-13H2,2-4H3. The van der Waals surface area contributed by atoms with Gasteiger partial charge in [-0.1, -0.05) is 24.8 Å². The third kappa shape index (κ3) is 4.99. The van der Waals surface area contributed by atoms with E-state index in [0.717, 1.165) is 0 Å². The number of likely N-dealkylation sites (tertiary alicyclic amines) is 1. The monoisotopic (exact) mass is 465 g/mol. The summed E-state index contributed by atoms with van der Waals surface area (Å²) in [5.41, 5.74) is 1.10. The number of Topliss-reactive ketones (excluding diaryl/α,β-unsaturated/α-hetero) is 1. The van der Waals surface area contributed by atoms with E-state index in [-0.39, 0.29) is 23.6 Å². The minimum atomic E-state index is -0.962. The van der Waals surface area contributed by atoms with Crippen molar-refractivity contribution >= 4 is 23.1 Å². The molecule has 2 aromatic rings. The number of aliphatic hydroxyl groups is 1. The van der Waals surface area contributed by atoms with E-state index in [1.807, 2.05) is 19.0 Å². The smallest absolute Gasteiger partial charge is 0.295 e. The molecule has 2 aromatic carbocycles. The number of ether oxygens (including phenoxy) is 1. The van der Waals surface area contributed by atoms with E-state index < -0.39 is 22.7 Å². The molecule has 1 N–H and O–H groups in total. The molecule has 1 unspecified atom stereocenters. The van der Waals surface area contributed by atoms with Gasteiger partial charge in [0.15, 0.2) is 0 Å². The van der Waals surface area contributed by atoms with Crippen LogP contribution in [0, 0.1) is 17.0 Å². The Morgan fingerprint density at radius 1 is 1.26 bits per heavy atom. The maximum Gasteiger partial charge on any atom is 0.295 e. The molecule has 0 saturated carbocycles. The molecule has 9 heteroatoms. The molecule has 0 spiro atoms. The number of benzene rings is 2. The first-order valence-corrected chi connectivity index (χ1v) is 10.7. The molecule has 1 aliphatic heterocycles. The number of hydrogen-bond acceptors (Lipinski definition) is 7. The van der Waals surface area contributed by atoms with E-state index in [1.165, 1.54) is 23.1 Å². The Kier molecular flexibility index (Phi) is 7.47. The number of non-ortho nitro benzene ring substituents is 1. The lowest BCUT2D eigenvalue weighted by Crippen LogP contribution is -2.35. The number of amides is 1. The van der Waals surface area contributed by atoms with Crippen molar-refractivity contribution in [2.24, 2.45) is 0 Å². The minimum absolute atomic E-state index is 0.105. The molecule has 1 heterocycles. The molecule has 1 amide bonds. The molecule has 0 bridgehead atoms. The number of likely N-dealkylation sites (N-methyl/N-ethyl adjacent to an activating group) is 1. The van der Waals surface area contributed by atoms with Crippen LogP contribution >= 0.6 is 0 Å². The van der Waals surface area contributed by atoms with Crippen molar-refractivity contribution < 1.29 is 24.4 Å². The summed E-state index contributed by atoms with van der Waals surface area (Å²) in [7, 11) is 3.66. The van der Waals surface area contributed by atoms with Gasteiger partial charge in [0.05, 0.1) is 16.5 Å². The zero-order chi connectivity index (χ0) is 25.0. The van der Waals surface area contributed by atoms with Gasteiger partial charge in [-0.3, -0.25) is 19.7 Å². The Labute approximate surface area is 197 Å². The zero-order valence-corrected chi connectivity index (χ0v) is 19.4. The minimum Gasteiger partial charge on any atom is -0.507 e. The van der Waals surface area contributed by atoms with E-state index in [2.05, 4.69) is 6.58 Å². The summed E-state index contributed by atoms with van der Waals surface area (Å²) in [6.07, 6.45) is 1.61. The van der Waals surface area contributed by atoms with Gasteiger partial charge in [0.1, 0.15) is 18.1 Å². The lowest BCUT2D eigenvalue weighted by molar-refractivity contribution is -0.384. The Hall–Kier alpha value is -3.98. The topological polar surface area (TPSA) is 113 Å². The van der Waals surface area contributed by atoms with Crippen LogP contribution in [0.15, 0.2) is 60.7 Å². The number of nitro groups is 1. The van der Waals surface area contributed by atoms with Crippen molar-refractivity contribution in [3.63, 3.8) is 0 Å². The van der Waals surface area contributed by atoms with Gasteiger partial charge in [-0.15, -0.1) is 0 Å². The fourth-order valence-electron chi connectivity index (χ4n) is 3.87. The predicted molar refractivity (Wildman–Crippen MR) is 128 cm³/mol. The molecule has 3 rings (SSSR count). The second kappa shape index (κ2) is 10.3. The van der Waals surface area contributed by atoms with Crippen LogP contribution in [0.2, 0.25) is 0 Å². The van der Waals surface area contributed by atoms with E-state index in [1.54, 1.807) is 37.3 Å². The van der Waals surface area contributed by atoms with Gasteiger partial charge < -0.3 is 19.6 Å². The van der Waals surface area contributed by atoms with Gasteiger partial charge in [0.2, 0.25) is 0 Å². The number of carbonyl (C=O) groups is 2. The van der Waals surface area contributed by atoms with Crippen molar-refractivity contribution in [2.75, 3.05) is 33.8 Å². The number of rotatable bonds is 9. The summed E-state index contributed by atoms with van der Waals surface area (Å²) in [5, 5.41) is 22.6. The Balaban J connectivity index is 2.16. The molecule has 1 fully saturated rings. The third-order valence-electron chi connectivity index (χ3n) is 5.55. The number of nitro benzene ring substituents is 1. The first-order chi connectivity index (χ1) is 16.1. The number of ketones is 1. The fourth-order valence-corrected chi connectivity index (χ4v) is 3.87. The van der Waals surface area contributed by atoms with Crippen molar-refractivity contribution in [3.05, 3.63) is 87.5 Å². The largest absolute Gasteiger partial charge is 0.507 e. The summed E-state index contributed by atoms with van der Waals surface area (Å²) < 4.78 is 5.52. The molecule has 1 saturated heterocycles. The van der Waals surface area contributed by atoms with Gasteiger partial charge in [-0.2, -0.15) is 0 Å². The summed E-state index contributed by atoms with van der Waals surface area (Å²) in [6.45, 7) is 6.34. The first kappa shape index (κ1) is 24.7. The highest BCUT2D eigenvalue weighted by Crippen LogP contribution is 2.40. The molecule has 1 atom stereocenters. The number of carbonyl (C=O) groups excluding carboxylic acids is 2. The molecule has 34 heavy (non-hydrogen) atoms. The van der Waals surface area contributed by atoms with Crippen LogP contribution in [0.4, 0.5) is 5.69 Å². The van der Waals surface area contributed by atoms with E-state index in [4.69, 9.17) is 4.74 Å². The number of aliphatic hydroxyl groups excluding tert-OH is 1. The second-order valence-corrected chi connectivity index (χ2v) is 8.22. The van der Waals surface area contributed by atoms with Crippen LogP contribution < -0.4 is 4.74 Å². The summed E-state index contributed by atoms with van der Waals surface area (Å²) in [6, 6.07) is 9.78. The normalized spacial score (nSPS) is 17.3. The first-order valence-electron chi connectivity index (χ1n) is 10.7. The SMILES string of the molecule is C=CCOc1ccc(C(O)=C2C(=O)C(=O)N(CCN(C)C)C2c2cccc([N+](=O)[O-])c2)c(C)c1. The predicted octanol–water partition coefficient (Wildman–Crippen LogP) is 3.45. The Morgan fingerprint density at radius 2 is 2.00 bits per heavy atom. The van der Waals surface area contributed by atoms with Gasteiger partial charge in [0, 0.05) is 30.8 Å². The maximum atomic E-state index is 13.1. The summed E-state index contributed by atoms with van der Waals surface area (Å²) in [4.78, 5) is 40.1. The van der Waals surface area contributed by atoms with Gasteiger partial charge in [-0.25, -0.2) is 0 Å². The van der Waals surface area contributed by atoms with E-state index in [0.29, 0.717) is 35.6 Å². The van der Waals surface area contributed by atoms with Crippen molar-refractivity contribution in [3.8, 4) is 5.75 Å². The van der Waals surface area contributed by atoms with Crippen molar-refractivity contribution in [2.45, 2.75) is 13.0 Å². The van der Waals surface area contributed by atoms with Gasteiger partial charge in [0.25, 0.3) is 17.4 Å². The van der Waals surface area contributed by atoms with Crippen LogP contribution in [0.3, 0.4) is 0 Å². The molecule has 0 radical (unpaired) electrons. The zero-order valence-electron chi connectivity index (χ0n) is 19.4. The highest BCUT2D eigenvalue weighted by molar-refractivity contribution is 6.46. The third-order valence-corrected chi connectivity index (χ3v) is 5.55. The molecule has 178 valence electrons. The molecule has 0 aliphatic carbocycles.